The minimum absolute atomic E-state index is 0.0428. The summed E-state index contributed by atoms with van der Waals surface area (Å²) >= 11 is 0. The maximum absolute atomic E-state index is 13.1. The first kappa shape index (κ1) is 28.6. The van der Waals surface area contributed by atoms with Crippen LogP contribution in [0.3, 0.4) is 0 Å². The van der Waals surface area contributed by atoms with E-state index >= 15 is 0 Å². The summed E-state index contributed by atoms with van der Waals surface area (Å²) in [7, 11) is 0. The highest BCUT2D eigenvalue weighted by Gasteiger charge is 2.28. The van der Waals surface area contributed by atoms with Gasteiger partial charge in [0.05, 0.1) is 12.6 Å². The molecule has 1 aliphatic carbocycles. The molecule has 0 radical (unpaired) electrons. The van der Waals surface area contributed by atoms with Gasteiger partial charge in [-0.3, -0.25) is 14.4 Å². The monoisotopic (exact) mass is 452 g/mol. The van der Waals surface area contributed by atoms with E-state index in [1.165, 1.54) is 19.3 Å². The van der Waals surface area contributed by atoms with E-state index in [2.05, 4.69) is 24.5 Å². The number of nitrogens with two attached hydrogens (primary N) is 2. The van der Waals surface area contributed by atoms with E-state index in [0.717, 1.165) is 51.4 Å². The van der Waals surface area contributed by atoms with Crippen molar-refractivity contribution in [3.05, 3.63) is 0 Å². The molecule has 0 aliphatic heterocycles. The second-order valence-electron chi connectivity index (χ2n) is 9.46. The first-order chi connectivity index (χ1) is 15.5. The first-order valence-corrected chi connectivity index (χ1v) is 13.0. The standard InChI is InChI=1S/C25H48N4O3/c1-3-5-7-13-20(10-4-2)25(32)22(14-15-26)29-24(31)18-28-23(30)16-21(17-27)19-11-8-6-9-12-19/h19-22H,3-18,26-27H2,1-2H3,(H,28,30)(H,29,31)/t20?,21?,22-/m0/s1. The number of Topliss-reactive ketones (excluding diaryl/α,β-unsaturated/α-hetero) is 1. The fourth-order valence-corrected chi connectivity index (χ4v) is 4.94. The lowest BCUT2D eigenvalue weighted by Gasteiger charge is -2.29. The van der Waals surface area contributed by atoms with E-state index in [9.17, 15) is 14.4 Å². The average Bonchev–Trinajstić information content (AvgIpc) is 2.80. The van der Waals surface area contributed by atoms with Crippen molar-refractivity contribution < 1.29 is 14.4 Å². The molecule has 7 heteroatoms. The van der Waals surface area contributed by atoms with Gasteiger partial charge in [0.2, 0.25) is 11.8 Å². The van der Waals surface area contributed by atoms with Crippen LogP contribution in [-0.2, 0) is 14.4 Å². The summed E-state index contributed by atoms with van der Waals surface area (Å²) in [4.78, 5) is 38.0. The zero-order chi connectivity index (χ0) is 23.8. The topological polar surface area (TPSA) is 127 Å². The largest absolute Gasteiger partial charge is 0.347 e. The van der Waals surface area contributed by atoms with Crippen molar-refractivity contribution in [3.8, 4) is 0 Å². The van der Waals surface area contributed by atoms with Gasteiger partial charge in [0.25, 0.3) is 0 Å². The van der Waals surface area contributed by atoms with Gasteiger partial charge in [0.15, 0.2) is 5.78 Å². The fourth-order valence-electron chi connectivity index (χ4n) is 4.94. The number of carbonyl (C=O) groups is 3. The van der Waals surface area contributed by atoms with Crippen LogP contribution >= 0.6 is 0 Å². The predicted octanol–water partition coefficient (Wildman–Crippen LogP) is 3.05. The van der Waals surface area contributed by atoms with Crippen molar-refractivity contribution in [2.75, 3.05) is 19.6 Å². The third-order valence-electron chi connectivity index (χ3n) is 6.84. The van der Waals surface area contributed by atoms with Crippen LogP contribution in [-0.4, -0.2) is 43.3 Å². The van der Waals surface area contributed by atoms with Gasteiger partial charge in [0, 0.05) is 12.3 Å². The number of rotatable bonds is 17. The maximum Gasteiger partial charge on any atom is 0.239 e. The molecule has 0 aromatic carbocycles. The Hall–Kier alpha value is -1.47. The SMILES string of the molecule is CCCCCC(CCC)C(=O)[C@H](CCN)NC(=O)CNC(=O)CC(CN)C1CCCCC1. The smallest absolute Gasteiger partial charge is 0.239 e. The Kier molecular flexibility index (Phi) is 15.2. The van der Waals surface area contributed by atoms with Gasteiger partial charge in [-0.05, 0) is 44.2 Å². The number of unbranched alkanes of at least 4 members (excludes halogenated alkanes) is 2. The number of ketones is 1. The highest BCUT2D eigenvalue weighted by Crippen LogP contribution is 2.31. The highest BCUT2D eigenvalue weighted by molar-refractivity contribution is 5.92. The van der Waals surface area contributed by atoms with Crippen molar-refractivity contribution in [1.82, 2.24) is 10.6 Å². The van der Waals surface area contributed by atoms with Gasteiger partial charge in [-0.2, -0.15) is 0 Å². The Morgan fingerprint density at radius 1 is 0.906 bits per heavy atom. The third-order valence-corrected chi connectivity index (χ3v) is 6.84. The molecule has 0 aromatic rings. The van der Waals surface area contributed by atoms with Crippen molar-refractivity contribution in [2.45, 2.75) is 103 Å². The molecule has 6 N–H and O–H groups in total. The third kappa shape index (κ3) is 10.9. The molecule has 7 nitrogen and oxygen atoms in total. The van der Waals surface area contributed by atoms with Gasteiger partial charge in [0.1, 0.15) is 0 Å². The zero-order valence-electron chi connectivity index (χ0n) is 20.5. The van der Waals surface area contributed by atoms with E-state index in [1.54, 1.807) is 0 Å². The molecule has 0 heterocycles. The number of hydrogen-bond acceptors (Lipinski definition) is 5. The van der Waals surface area contributed by atoms with Crippen LogP contribution in [0, 0.1) is 17.8 Å². The Morgan fingerprint density at radius 3 is 2.22 bits per heavy atom. The normalized spacial score (nSPS) is 17.4. The highest BCUT2D eigenvalue weighted by atomic mass is 16.2. The van der Waals surface area contributed by atoms with Crippen molar-refractivity contribution in [3.63, 3.8) is 0 Å². The lowest BCUT2D eigenvalue weighted by molar-refractivity contribution is -0.131. The number of hydrogen-bond donors (Lipinski definition) is 4. The number of amides is 2. The molecule has 3 atom stereocenters. The van der Waals surface area contributed by atoms with Crippen LogP contribution in [0.15, 0.2) is 0 Å². The molecule has 0 aromatic heterocycles. The molecule has 1 rings (SSSR count). The van der Waals surface area contributed by atoms with E-state index in [4.69, 9.17) is 11.5 Å². The van der Waals surface area contributed by atoms with Gasteiger partial charge >= 0.3 is 0 Å². The molecular formula is C25H48N4O3. The summed E-state index contributed by atoms with van der Waals surface area (Å²) in [5, 5.41) is 5.55. The van der Waals surface area contributed by atoms with E-state index < -0.39 is 6.04 Å². The van der Waals surface area contributed by atoms with Gasteiger partial charge in [-0.1, -0.05) is 71.6 Å². The lowest BCUT2D eigenvalue weighted by Crippen LogP contribution is -2.48. The fraction of sp³-hybridized carbons (Fsp3) is 0.880. The van der Waals surface area contributed by atoms with Crippen LogP contribution in [0.25, 0.3) is 0 Å². The van der Waals surface area contributed by atoms with Gasteiger partial charge in [-0.15, -0.1) is 0 Å². The van der Waals surface area contributed by atoms with Crippen molar-refractivity contribution in [2.24, 2.45) is 29.2 Å². The van der Waals surface area contributed by atoms with Crippen LogP contribution in [0.4, 0.5) is 0 Å². The molecule has 1 fully saturated rings. The summed E-state index contributed by atoms with van der Waals surface area (Å²) in [6.07, 6.45) is 12.6. The van der Waals surface area contributed by atoms with Crippen LogP contribution in [0.1, 0.15) is 97.3 Å². The van der Waals surface area contributed by atoms with Crippen LogP contribution < -0.4 is 22.1 Å². The lowest BCUT2D eigenvalue weighted by atomic mass is 9.78. The molecular weight excluding hydrogens is 404 g/mol. The Balaban J connectivity index is 2.54. The molecule has 32 heavy (non-hydrogen) atoms. The second-order valence-corrected chi connectivity index (χ2v) is 9.46. The van der Waals surface area contributed by atoms with Crippen molar-refractivity contribution in [1.29, 1.82) is 0 Å². The molecule has 1 aliphatic rings. The van der Waals surface area contributed by atoms with Crippen LogP contribution in [0.5, 0.6) is 0 Å². The second kappa shape index (κ2) is 17.1. The Bertz CT molecular complexity index is 549. The molecule has 2 unspecified atom stereocenters. The average molecular weight is 453 g/mol. The minimum Gasteiger partial charge on any atom is -0.347 e. The maximum atomic E-state index is 13.1. The number of nitrogens with one attached hydrogen (secondary N) is 2. The van der Waals surface area contributed by atoms with Gasteiger partial charge in [-0.25, -0.2) is 0 Å². The zero-order valence-corrected chi connectivity index (χ0v) is 20.5. The summed E-state index contributed by atoms with van der Waals surface area (Å²) in [6.45, 7) is 4.93. The quantitative estimate of drug-likeness (QED) is 0.252. The molecule has 0 bridgehead atoms. The Labute approximate surface area is 195 Å². The van der Waals surface area contributed by atoms with Crippen LogP contribution in [0.2, 0.25) is 0 Å². The molecule has 0 spiro atoms. The number of carbonyl (C=O) groups excluding carboxylic acids is 3. The summed E-state index contributed by atoms with van der Waals surface area (Å²) in [6, 6.07) is -0.582. The summed E-state index contributed by atoms with van der Waals surface area (Å²) in [5.41, 5.74) is 11.6. The van der Waals surface area contributed by atoms with E-state index in [-0.39, 0.29) is 36.0 Å². The molecule has 2 amide bonds. The van der Waals surface area contributed by atoms with E-state index in [0.29, 0.717) is 31.8 Å². The van der Waals surface area contributed by atoms with Crippen molar-refractivity contribution >= 4 is 17.6 Å². The molecule has 186 valence electrons. The van der Waals surface area contributed by atoms with Gasteiger partial charge < -0.3 is 22.1 Å². The summed E-state index contributed by atoms with van der Waals surface area (Å²) in [5.74, 6) is 0.223. The molecule has 0 saturated heterocycles. The Morgan fingerprint density at radius 2 is 1.62 bits per heavy atom. The summed E-state index contributed by atoms with van der Waals surface area (Å²) < 4.78 is 0. The minimum atomic E-state index is -0.582. The van der Waals surface area contributed by atoms with E-state index in [1.807, 2.05) is 0 Å². The predicted molar refractivity (Wildman–Crippen MR) is 130 cm³/mol. The molecule has 1 saturated carbocycles. The first-order valence-electron chi connectivity index (χ1n) is 13.0.